The monoisotopic (exact) mass is 294 g/mol. The zero-order valence-electron chi connectivity index (χ0n) is 9.65. The molecule has 1 heterocycles. The lowest BCUT2D eigenvalue weighted by molar-refractivity contribution is 0.601. The molecule has 0 fully saturated rings. The van der Waals surface area contributed by atoms with E-state index in [-0.39, 0.29) is 21.3 Å². The second kappa shape index (κ2) is 5.29. The van der Waals surface area contributed by atoms with Crippen LogP contribution in [0, 0.1) is 0 Å². The van der Waals surface area contributed by atoms with E-state index in [4.69, 9.17) is 18.0 Å². The lowest BCUT2D eigenvalue weighted by Crippen LogP contribution is -2.20. The van der Waals surface area contributed by atoms with Crippen LogP contribution in [0.25, 0.3) is 0 Å². The second-order valence-electron chi connectivity index (χ2n) is 3.57. The zero-order valence-corrected chi connectivity index (χ0v) is 11.3. The van der Waals surface area contributed by atoms with Gasteiger partial charge in [-0.2, -0.15) is 5.10 Å². The summed E-state index contributed by atoms with van der Waals surface area (Å²) in [6, 6.07) is 9.29. The van der Waals surface area contributed by atoms with Crippen molar-refractivity contribution in [2.45, 2.75) is 4.90 Å². The minimum absolute atomic E-state index is 0.00755. The summed E-state index contributed by atoms with van der Waals surface area (Å²) in [6.45, 7) is 0. The number of nitrogens with one attached hydrogen (secondary N) is 1. The van der Waals surface area contributed by atoms with Crippen molar-refractivity contribution in [2.75, 3.05) is 4.72 Å². The number of hydrogen-bond acceptors (Lipinski definition) is 5. The molecule has 0 saturated heterocycles. The van der Waals surface area contributed by atoms with Gasteiger partial charge in [-0.25, -0.2) is 8.42 Å². The number of sulfonamides is 1. The van der Waals surface area contributed by atoms with Crippen molar-refractivity contribution in [2.24, 2.45) is 5.73 Å². The van der Waals surface area contributed by atoms with Crippen LogP contribution in [0.5, 0.6) is 0 Å². The topological polar surface area (TPSA) is 98.0 Å². The number of benzene rings is 1. The maximum atomic E-state index is 12.2. The van der Waals surface area contributed by atoms with Gasteiger partial charge in [0.1, 0.15) is 4.99 Å². The molecule has 1 aromatic carbocycles. The van der Waals surface area contributed by atoms with Crippen molar-refractivity contribution >= 4 is 33.0 Å². The molecule has 0 amide bonds. The predicted molar refractivity (Wildman–Crippen MR) is 75.2 cm³/mol. The molecule has 0 aliphatic heterocycles. The van der Waals surface area contributed by atoms with Crippen LogP contribution < -0.4 is 10.5 Å². The van der Waals surface area contributed by atoms with Crippen molar-refractivity contribution < 1.29 is 8.42 Å². The van der Waals surface area contributed by atoms with Gasteiger partial charge in [0, 0.05) is 11.8 Å². The van der Waals surface area contributed by atoms with Gasteiger partial charge >= 0.3 is 0 Å². The van der Waals surface area contributed by atoms with Crippen molar-refractivity contribution in [1.29, 1.82) is 0 Å². The summed E-state index contributed by atoms with van der Waals surface area (Å²) in [5.41, 5.74) is 5.80. The molecule has 0 bridgehead atoms. The fourth-order valence-corrected chi connectivity index (χ4v) is 2.92. The molecular formula is C11H10N4O2S2. The molecule has 0 aliphatic carbocycles. The highest BCUT2D eigenvalue weighted by Gasteiger charge is 2.19. The lowest BCUT2D eigenvalue weighted by atomic mass is 10.2. The van der Waals surface area contributed by atoms with E-state index in [0.717, 1.165) is 0 Å². The van der Waals surface area contributed by atoms with Gasteiger partial charge < -0.3 is 5.73 Å². The van der Waals surface area contributed by atoms with Gasteiger partial charge in [-0.05, 0) is 18.2 Å². The van der Waals surface area contributed by atoms with Crippen LogP contribution >= 0.6 is 12.2 Å². The summed E-state index contributed by atoms with van der Waals surface area (Å²) < 4.78 is 26.8. The first kappa shape index (κ1) is 13.4. The largest absolute Gasteiger partial charge is 0.389 e. The highest BCUT2D eigenvalue weighted by molar-refractivity contribution is 7.93. The smallest absolute Gasteiger partial charge is 0.263 e. The summed E-state index contributed by atoms with van der Waals surface area (Å²) in [6.07, 6.45) is 1.45. The fraction of sp³-hybridized carbons (Fsp3) is 0. The van der Waals surface area contributed by atoms with Gasteiger partial charge in [0.15, 0.2) is 5.82 Å². The average Bonchev–Trinajstić information content (AvgIpc) is 2.39. The van der Waals surface area contributed by atoms with E-state index in [1.165, 1.54) is 18.3 Å². The van der Waals surface area contributed by atoms with Gasteiger partial charge in [-0.1, -0.05) is 30.4 Å². The van der Waals surface area contributed by atoms with Crippen LogP contribution in [0.3, 0.4) is 0 Å². The molecule has 2 rings (SSSR count). The van der Waals surface area contributed by atoms with Crippen LogP contribution in [0.1, 0.15) is 5.56 Å². The molecular weight excluding hydrogens is 284 g/mol. The summed E-state index contributed by atoms with van der Waals surface area (Å²) in [5.74, 6) is 0.125. The number of nitrogens with zero attached hydrogens (tertiary/aromatic N) is 2. The van der Waals surface area contributed by atoms with E-state index >= 15 is 0 Å². The highest BCUT2D eigenvalue weighted by atomic mass is 32.2. The Labute approximate surface area is 115 Å². The van der Waals surface area contributed by atoms with E-state index in [2.05, 4.69) is 14.9 Å². The molecule has 0 atom stereocenters. The zero-order chi connectivity index (χ0) is 13.9. The molecule has 98 valence electrons. The second-order valence-corrected chi connectivity index (χ2v) is 5.67. The first-order chi connectivity index (χ1) is 9.00. The summed E-state index contributed by atoms with van der Waals surface area (Å²) in [4.78, 5) is 0.0215. The van der Waals surface area contributed by atoms with E-state index in [9.17, 15) is 8.42 Å². The molecule has 2 aromatic rings. The Morgan fingerprint density at radius 3 is 2.58 bits per heavy atom. The molecule has 0 unspecified atom stereocenters. The fourth-order valence-electron chi connectivity index (χ4n) is 1.45. The predicted octanol–water partition coefficient (Wildman–Crippen LogP) is 0.912. The Hall–Kier alpha value is -2.06. The Kier molecular flexibility index (Phi) is 3.72. The van der Waals surface area contributed by atoms with Crippen LogP contribution in [-0.4, -0.2) is 23.6 Å². The average molecular weight is 294 g/mol. The Bertz CT molecular complexity index is 702. The van der Waals surface area contributed by atoms with Gasteiger partial charge in [-0.3, -0.25) is 4.72 Å². The van der Waals surface area contributed by atoms with Crippen LogP contribution in [0.2, 0.25) is 0 Å². The van der Waals surface area contributed by atoms with E-state index in [1.807, 2.05) is 0 Å². The van der Waals surface area contributed by atoms with E-state index in [0.29, 0.717) is 0 Å². The molecule has 3 N–H and O–H groups in total. The third kappa shape index (κ3) is 3.04. The van der Waals surface area contributed by atoms with Crippen molar-refractivity contribution in [3.05, 3.63) is 48.2 Å². The molecule has 0 radical (unpaired) electrons. The number of nitrogens with two attached hydrogens (primary N) is 1. The SMILES string of the molecule is NC(=S)c1ccccc1S(=O)(=O)Nc1cccnn1. The number of anilines is 1. The lowest BCUT2D eigenvalue weighted by Gasteiger charge is -2.10. The number of aromatic nitrogens is 2. The van der Waals surface area contributed by atoms with Gasteiger partial charge in [0.2, 0.25) is 0 Å². The molecule has 1 aromatic heterocycles. The Balaban J connectivity index is 2.43. The molecule has 0 saturated carbocycles. The molecule has 0 spiro atoms. The summed E-state index contributed by atoms with van der Waals surface area (Å²) in [7, 11) is -3.81. The van der Waals surface area contributed by atoms with Crippen LogP contribution in [0.4, 0.5) is 5.82 Å². The summed E-state index contributed by atoms with van der Waals surface area (Å²) in [5, 5.41) is 7.25. The normalized spacial score (nSPS) is 10.9. The van der Waals surface area contributed by atoms with Gasteiger partial charge in [-0.15, -0.1) is 5.10 Å². The minimum Gasteiger partial charge on any atom is -0.389 e. The van der Waals surface area contributed by atoms with E-state index < -0.39 is 10.0 Å². The highest BCUT2D eigenvalue weighted by Crippen LogP contribution is 2.18. The van der Waals surface area contributed by atoms with Crippen molar-refractivity contribution in [3.8, 4) is 0 Å². The molecule has 0 aliphatic rings. The number of rotatable bonds is 4. The van der Waals surface area contributed by atoms with Gasteiger partial charge in [0.05, 0.1) is 4.90 Å². The standard InChI is InChI=1S/C11H10N4O2S2/c12-11(18)8-4-1-2-5-9(8)19(16,17)15-10-6-3-7-13-14-10/h1-7H,(H2,12,18)(H,14,15). The third-order valence-corrected chi connectivity index (χ3v) is 3.89. The first-order valence-electron chi connectivity index (χ1n) is 5.20. The van der Waals surface area contributed by atoms with Crippen LogP contribution in [0.15, 0.2) is 47.5 Å². The Morgan fingerprint density at radius 2 is 1.95 bits per heavy atom. The maximum Gasteiger partial charge on any atom is 0.263 e. The molecule has 8 heteroatoms. The van der Waals surface area contributed by atoms with Crippen molar-refractivity contribution in [3.63, 3.8) is 0 Å². The number of hydrogen-bond donors (Lipinski definition) is 2. The van der Waals surface area contributed by atoms with Crippen LogP contribution in [-0.2, 0) is 10.0 Å². The first-order valence-corrected chi connectivity index (χ1v) is 7.09. The Morgan fingerprint density at radius 1 is 1.21 bits per heavy atom. The van der Waals surface area contributed by atoms with E-state index in [1.54, 1.807) is 24.3 Å². The molecule has 19 heavy (non-hydrogen) atoms. The quantitative estimate of drug-likeness (QED) is 0.813. The third-order valence-electron chi connectivity index (χ3n) is 2.25. The molecule has 6 nitrogen and oxygen atoms in total. The van der Waals surface area contributed by atoms with Crippen molar-refractivity contribution in [1.82, 2.24) is 10.2 Å². The minimum atomic E-state index is -3.81. The number of thiocarbonyl (C=S) groups is 1. The summed E-state index contributed by atoms with van der Waals surface area (Å²) >= 11 is 4.84. The van der Waals surface area contributed by atoms with Gasteiger partial charge in [0.25, 0.3) is 10.0 Å². The maximum absolute atomic E-state index is 12.2.